The number of aromatic hydroxyl groups is 1. The highest BCUT2D eigenvalue weighted by Crippen LogP contribution is 2.29. The summed E-state index contributed by atoms with van der Waals surface area (Å²) in [6, 6.07) is 9.46. The van der Waals surface area contributed by atoms with E-state index in [-0.39, 0.29) is 11.8 Å². The summed E-state index contributed by atoms with van der Waals surface area (Å²) >= 11 is 0. The molecule has 2 nitrogen and oxygen atoms in total. The maximum Gasteiger partial charge on any atom is 0.416 e. The lowest BCUT2D eigenvalue weighted by molar-refractivity contribution is -0.137. The predicted molar refractivity (Wildman–Crippen MR) is 84.1 cm³/mol. The van der Waals surface area contributed by atoms with Crippen LogP contribution in [0.4, 0.5) is 17.6 Å². The molecule has 130 valence electrons. The molecule has 0 saturated heterocycles. The molecule has 0 saturated carbocycles. The minimum Gasteiger partial charge on any atom is -0.505 e. The molecule has 2 aromatic carbocycles. The third kappa shape index (κ3) is 5.23. The molecule has 1 unspecified atom stereocenters. The van der Waals surface area contributed by atoms with Gasteiger partial charge in [-0.15, -0.1) is 0 Å². The fraction of sp³-hybridized carbons (Fsp3) is 0.333. The molecular formula is C18H19F4NO. The first kappa shape index (κ1) is 18.3. The molecule has 0 aliphatic heterocycles. The van der Waals surface area contributed by atoms with Gasteiger partial charge in [0.05, 0.1) is 5.56 Å². The number of alkyl halides is 3. The Morgan fingerprint density at radius 2 is 1.67 bits per heavy atom. The quantitative estimate of drug-likeness (QED) is 0.749. The van der Waals surface area contributed by atoms with E-state index in [1.54, 1.807) is 6.07 Å². The molecule has 1 atom stereocenters. The van der Waals surface area contributed by atoms with Crippen LogP contribution in [0, 0.1) is 5.82 Å². The lowest BCUT2D eigenvalue weighted by Gasteiger charge is -2.14. The van der Waals surface area contributed by atoms with Crippen molar-refractivity contribution in [1.82, 2.24) is 5.32 Å². The Kier molecular flexibility index (Phi) is 5.83. The molecule has 2 rings (SSSR count). The monoisotopic (exact) mass is 341 g/mol. The zero-order chi connectivity index (χ0) is 17.7. The van der Waals surface area contributed by atoms with Crippen molar-refractivity contribution in [3.8, 4) is 5.75 Å². The van der Waals surface area contributed by atoms with Crippen LogP contribution in [0.15, 0.2) is 42.5 Å². The van der Waals surface area contributed by atoms with Crippen LogP contribution in [-0.4, -0.2) is 11.1 Å². The Labute approximate surface area is 138 Å². The van der Waals surface area contributed by atoms with E-state index in [4.69, 9.17) is 5.11 Å². The lowest BCUT2D eigenvalue weighted by Crippen LogP contribution is -2.26. The van der Waals surface area contributed by atoms with Gasteiger partial charge in [-0.1, -0.05) is 18.2 Å². The van der Waals surface area contributed by atoms with Gasteiger partial charge in [0.15, 0.2) is 11.6 Å². The van der Waals surface area contributed by atoms with Crippen LogP contribution in [0.5, 0.6) is 5.75 Å². The molecule has 0 radical (unpaired) electrons. The van der Waals surface area contributed by atoms with E-state index in [0.29, 0.717) is 13.0 Å². The molecule has 2 aromatic rings. The highest BCUT2D eigenvalue weighted by Gasteiger charge is 2.29. The van der Waals surface area contributed by atoms with E-state index in [1.165, 1.54) is 24.3 Å². The molecule has 0 fully saturated rings. The summed E-state index contributed by atoms with van der Waals surface area (Å²) in [5, 5.41) is 12.4. The van der Waals surface area contributed by atoms with Gasteiger partial charge in [0.25, 0.3) is 0 Å². The normalized spacial score (nSPS) is 13.0. The number of phenols is 1. The largest absolute Gasteiger partial charge is 0.505 e. The Morgan fingerprint density at radius 1 is 1.04 bits per heavy atom. The molecule has 0 spiro atoms. The summed E-state index contributed by atoms with van der Waals surface area (Å²) in [7, 11) is 0. The van der Waals surface area contributed by atoms with Gasteiger partial charge < -0.3 is 10.4 Å². The van der Waals surface area contributed by atoms with Gasteiger partial charge in [-0.3, -0.25) is 0 Å². The number of rotatable bonds is 6. The first-order valence-electron chi connectivity index (χ1n) is 7.62. The summed E-state index contributed by atoms with van der Waals surface area (Å²) in [4.78, 5) is 0. The van der Waals surface area contributed by atoms with Crippen LogP contribution in [-0.2, 0) is 19.1 Å². The highest BCUT2D eigenvalue weighted by molar-refractivity contribution is 5.28. The molecular weight excluding hydrogens is 322 g/mol. The van der Waals surface area contributed by atoms with Gasteiger partial charge in [0.2, 0.25) is 0 Å². The molecule has 0 aromatic heterocycles. The summed E-state index contributed by atoms with van der Waals surface area (Å²) in [6.45, 7) is 2.42. The Balaban J connectivity index is 1.80. The lowest BCUT2D eigenvalue weighted by atomic mass is 10.1. The number of phenolic OH excluding ortho intramolecular Hbond substituents is 1. The summed E-state index contributed by atoms with van der Waals surface area (Å²) in [6.07, 6.45) is -2.94. The van der Waals surface area contributed by atoms with Crippen LogP contribution in [0.25, 0.3) is 0 Å². The second-order valence-corrected chi connectivity index (χ2v) is 5.80. The standard InChI is InChI=1S/C18H19F4NO/c1-12(2-3-13-6-9-17(24)16(19)10-13)23-11-14-4-7-15(8-5-14)18(20,21)22/h4-10,12,23-24H,2-3,11H2,1H3. The minimum absolute atomic E-state index is 0.115. The average molecular weight is 341 g/mol. The van der Waals surface area contributed by atoms with Crippen molar-refractivity contribution in [1.29, 1.82) is 0 Å². The predicted octanol–water partition coefficient (Wildman–Crippen LogP) is 4.66. The number of halogens is 4. The molecule has 0 amide bonds. The van der Waals surface area contributed by atoms with Crippen molar-refractivity contribution in [2.45, 2.75) is 38.5 Å². The SMILES string of the molecule is CC(CCc1ccc(O)c(F)c1)NCc1ccc(C(F)(F)F)cc1. The van der Waals surface area contributed by atoms with Gasteiger partial charge in [0, 0.05) is 12.6 Å². The smallest absolute Gasteiger partial charge is 0.416 e. The van der Waals surface area contributed by atoms with Crippen molar-refractivity contribution in [3.05, 3.63) is 65.0 Å². The minimum atomic E-state index is -4.32. The molecule has 6 heteroatoms. The summed E-state index contributed by atoms with van der Waals surface area (Å²) in [5.74, 6) is -1.01. The van der Waals surface area contributed by atoms with Crippen molar-refractivity contribution >= 4 is 0 Å². The second-order valence-electron chi connectivity index (χ2n) is 5.80. The van der Waals surface area contributed by atoms with Crippen molar-refractivity contribution in [3.63, 3.8) is 0 Å². The highest BCUT2D eigenvalue weighted by atomic mass is 19.4. The number of hydrogen-bond donors (Lipinski definition) is 2. The number of aryl methyl sites for hydroxylation is 1. The average Bonchev–Trinajstić information content (AvgIpc) is 2.53. The van der Waals surface area contributed by atoms with E-state index in [9.17, 15) is 17.6 Å². The Hall–Kier alpha value is -2.08. The van der Waals surface area contributed by atoms with Crippen molar-refractivity contribution in [2.75, 3.05) is 0 Å². The van der Waals surface area contributed by atoms with Crippen molar-refractivity contribution in [2.24, 2.45) is 0 Å². The van der Waals surface area contributed by atoms with Gasteiger partial charge in [-0.2, -0.15) is 13.2 Å². The zero-order valence-corrected chi connectivity index (χ0v) is 13.2. The zero-order valence-electron chi connectivity index (χ0n) is 13.2. The third-order valence-electron chi connectivity index (χ3n) is 3.81. The van der Waals surface area contributed by atoms with Crippen molar-refractivity contribution < 1.29 is 22.7 Å². The van der Waals surface area contributed by atoms with E-state index < -0.39 is 17.6 Å². The number of hydrogen-bond acceptors (Lipinski definition) is 2. The summed E-state index contributed by atoms with van der Waals surface area (Å²) in [5.41, 5.74) is 0.896. The van der Waals surface area contributed by atoms with Crippen LogP contribution >= 0.6 is 0 Å². The van der Waals surface area contributed by atoms with E-state index in [0.717, 1.165) is 29.7 Å². The Bertz CT molecular complexity index is 668. The van der Waals surface area contributed by atoms with Crippen LogP contribution < -0.4 is 5.32 Å². The first-order valence-corrected chi connectivity index (χ1v) is 7.62. The van der Waals surface area contributed by atoms with E-state index in [2.05, 4.69) is 5.32 Å². The Morgan fingerprint density at radius 3 is 2.25 bits per heavy atom. The molecule has 0 bridgehead atoms. The molecule has 24 heavy (non-hydrogen) atoms. The van der Waals surface area contributed by atoms with Crippen LogP contribution in [0.2, 0.25) is 0 Å². The molecule has 0 heterocycles. The summed E-state index contributed by atoms with van der Waals surface area (Å²) < 4.78 is 50.7. The molecule has 0 aliphatic rings. The van der Waals surface area contributed by atoms with Crippen LogP contribution in [0.3, 0.4) is 0 Å². The first-order chi connectivity index (χ1) is 11.3. The maximum atomic E-state index is 13.2. The van der Waals surface area contributed by atoms with E-state index >= 15 is 0 Å². The topological polar surface area (TPSA) is 32.3 Å². The van der Waals surface area contributed by atoms with Gasteiger partial charge in [-0.25, -0.2) is 4.39 Å². The van der Waals surface area contributed by atoms with Gasteiger partial charge in [-0.05, 0) is 55.2 Å². The fourth-order valence-electron chi connectivity index (χ4n) is 2.29. The fourth-order valence-corrected chi connectivity index (χ4v) is 2.29. The number of benzene rings is 2. The van der Waals surface area contributed by atoms with E-state index in [1.807, 2.05) is 6.92 Å². The molecule has 0 aliphatic carbocycles. The van der Waals surface area contributed by atoms with Gasteiger partial charge in [0.1, 0.15) is 0 Å². The second kappa shape index (κ2) is 7.66. The molecule has 2 N–H and O–H groups in total. The maximum absolute atomic E-state index is 13.2. The van der Waals surface area contributed by atoms with Crippen LogP contribution in [0.1, 0.15) is 30.0 Å². The number of nitrogens with one attached hydrogen (secondary N) is 1. The van der Waals surface area contributed by atoms with Gasteiger partial charge >= 0.3 is 6.18 Å². The third-order valence-corrected chi connectivity index (χ3v) is 3.81.